The minimum atomic E-state index is -0.484. The first kappa shape index (κ1) is 19.2. The van der Waals surface area contributed by atoms with Gasteiger partial charge in [0.05, 0.1) is 11.9 Å². The van der Waals surface area contributed by atoms with E-state index in [2.05, 4.69) is 37.7 Å². The number of benzene rings is 1. The number of carbonyl (C=O) groups is 1. The number of H-pyrrole nitrogens is 1. The van der Waals surface area contributed by atoms with Gasteiger partial charge in [0.1, 0.15) is 5.56 Å². The fourth-order valence-corrected chi connectivity index (χ4v) is 4.20. The number of rotatable bonds is 4. The molecule has 4 aromatic rings. The number of hydrogen-bond acceptors (Lipinski definition) is 6. The zero-order valence-electron chi connectivity index (χ0n) is 17.1. The first-order chi connectivity index (χ1) is 15.1. The molecule has 0 atom stereocenters. The molecule has 1 aliphatic rings. The molecule has 1 aromatic carbocycles. The van der Waals surface area contributed by atoms with Crippen LogP contribution in [-0.4, -0.2) is 37.8 Å². The van der Waals surface area contributed by atoms with Crippen LogP contribution in [0.25, 0.3) is 28.4 Å². The predicted octanol–water partition coefficient (Wildman–Crippen LogP) is 3.15. The second-order valence-corrected chi connectivity index (χ2v) is 7.79. The zero-order chi connectivity index (χ0) is 21.4. The van der Waals surface area contributed by atoms with Crippen molar-refractivity contribution in [2.45, 2.75) is 38.0 Å². The van der Waals surface area contributed by atoms with Gasteiger partial charge >= 0.3 is 11.8 Å². The average molecular weight is 418 g/mol. The Morgan fingerprint density at radius 1 is 1.16 bits per heavy atom. The molecule has 9 heteroatoms. The molecule has 5 rings (SSSR count). The Balaban J connectivity index is 1.52. The molecule has 1 amide bonds. The highest BCUT2D eigenvalue weighted by Gasteiger charge is 2.20. The lowest BCUT2D eigenvalue weighted by molar-refractivity contribution is 0.0929. The third-order valence-corrected chi connectivity index (χ3v) is 5.87. The van der Waals surface area contributed by atoms with Crippen molar-refractivity contribution < 1.29 is 9.21 Å². The van der Waals surface area contributed by atoms with Crippen LogP contribution in [-0.2, 0) is 0 Å². The van der Waals surface area contributed by atoms with E-state index in [9.17, 15) is 9.59 Å². The summed E-state index contributed by atoms with van der Waals surface area (Å²) in [5.41, 5.74) is 3.51. The Morgan fingerprint density at radius 2 is 1.94 bits per heavy atom. The number of fused-ring (bicyclic) bond motifs is 1. The fraction of sp³-hybridized carbons (Fsp3) is 0.318. The minimum Gasteiger partial charge on any atom is -0.412 e. The predicted molar refractivity (Wildman–Crippen MR) is 114 cm³/mol. The molecule has 1 fully saturated rings. The van der Waals surface area contributed by atoms with Crippen molar-refractivity contribution in [3.05, 3.63) is 58.3 Å². The van der Waals surface area contributed by atoms with Crippen LogP contribution in [0.1, 0.15) is 54.3 Å². The summed E-state index contributed by atoms with van der Waals surface area (Å²) in [6.45, 7) is 0. The molecule has 31 heavy (non-hydrogen) atoms. The number of aromatic nitrogens is 5. The Morgan fingerprint density at radius 3 is 2.68 bits per heavy atom. The number of amides is 1. The second-order valence-electron chi connectivity index (χ2n) is 7.79. The first-order valence-corrected chi connectivity index (χ1v) is 10.4. The van der Waals surface area contributed by atoms with Crippen LogP contribution in [0.2, 0.25) is 0 Å². The lowest BCUT2D eigenvalue weighted by atomic mass is 9.84. The molecule has 0 radical (unpaired) electrons. The molecule has 3 heterocycles. The highest BCUT2D eigenvalue weighted by Crippen LogP contribution is 2.33. The van der Waals surface area contributed by atoms with Crippen LogP contribution in [0, 0.1) is 0 Å². The van der Waals surface area contributed by atoms with E-state index in [1.807, 2.05) is 12.1 Å². The molecule has 0 bridgehead atoms. The van der Waals surface area contributed by atoms with Gasteiger partial charge < -0.3 is 14.7 Å². The smallest absolute Gasteiger partial charge is 0.308 e. The second kappa shape index (κ2) is 7.82. The Labute approximate surface area is 177 Å². The van der Waals surface area contributed by atoms with E-state index in [1.54, 1.807) is 0 Å². The van der Waals surface area contributed by atoms with Crippen LogP contribution in [0.5, 0.6) is 0 Å². The zero-order valence-corrected chi connectivity index (χ0v) is 17.1. The van der Waals surface area contributed by atoms with E-state index in [1.165, 1.54) is 61.5 Å². The summed E-state index contributed by atoms with van der Waals surface area (Å²) in [4.78, 5) is 27.6. The Kier molecular flexibility index (Phi) is 4.85. The highest BCUT2D eigenvalue weighted by atomic mass is 16.4. The molecule has 158 valence electrons. The third kappa shape index (κ3) is 3.52. The Bertz CT molecular complexity index is 1300. The van der Waals surface area contributed by atoms with Gasteiger partial charge in [-0.2, -0.15) is 9.61 Å². The summed E-state index contributed by atoms with van der Waals surface area (Å²) in [6, 6.07) is 9.90. The number of carbonyl (C=O) groups excluding carboxylic acids is 1. The van der Waals surface area contributed by atoms with Gasteiger partial charge in [-0.25, -0.2) is 0 Å². The van der Waals surface area contributed by atoms with Gasteiger partial charge in [0.25, 0.3) is 11.4 Å². The van der Waals surface area contributed by atoms with E-state index in [4.69, 9.17) is 4.42 Å². The van der Waals surface area contributed by atoms with Crippen LogP contribution >= 0.6 is 0 Å². The van der Waals surface area contributed by atoms with E-state index in [-0.39, 0.29) is 17.3 Å². The van der Waals surface area contributed by atoms with Gasteiger partial charge in [0.15, 0.2) is 5.65 Å². The van der Waals surface area contributed by atoms with Gasteiger partial charge in [0, 0.05) is 13.1 Å². The molecule has 0 aliphatic heterocycles. The molecular formula is C22H22N6O3. The highest BCUT2D eigenvalue weighted by molar-refractivity contribution is 5.89. The molecule has 0 unspecified atom stereocenters. The maximum atomic E-state index is 12.6. The van der Waals surface area contributed by atoms with E-state index < -0.39 is 5.91 Å². The van der Waals surface area contributed by atoms with E-state index >= 15 is 0 Å². The van der Waals surface area contributed by atoms with Crippen molar-refractivity contribution >= 4 is 11.6 Å². The van der Waals surface area contributed by atoms with E-state index in [0.717, 1.165) is 5.56 Å². The largest absolute Gasteiger partial charge is 0.412 e. The number of aromatic amines is 1. The van der Waals surface area contributed by atoms with Gasteiger partial charge in [-0.05, 0) is 29.9 Å². The average Bonchev–Trinajstić information content (AvgIpc) is 3.47. The first-order valence-electron chi connectivity index (χ1n) is 10.4. The maximum absolute atomic E-state index is 12.6. The summed E-state index contributed by atoms with van der Waals surface area (Å²) in [5, 5.41) is 14.2. The molecular weight excluding hydrogens is 396 g/mol. The van der Waals surface area contributed by atoms with Crippen LogP contribution in [0.15, 0.2) is 45.7 Å². The van der Waals surface area contributed by atoms with Crippen molar-refractivity contribution in [3.63, 3.8) is 0 Å². The molecule has 3 aromatic heterocycles. The number of hydrogen-bond donors (Lipinski definition) is 2. The lowest BCUT2D eigenvalue weighted by Crippen LogP contribution is -2.17. The summed E-state index contributed by atoms with van der Waals surface area (Å²) in [5.74, 6) is 0.0861. The monoisotopic (exact) mass is 418 g/mol. The SMILES string of the molecule is CNC(=O)c1nnc(-c2cnn3c(=O)cc(-c4ccc(C5CCCCC5)cc4)[nH]c23)o1. The third-order valence-electron chi connectivity index (χ3n) is 5.87. The van der Waals surface area contributed by atoms with Gasteiger partial charge in [-0.1, -0.05) is 43.5 Å². The number of nitrogens with zero attached hydrogens (tertiary/aromatic N) is 4. The standard InChI is InChI=1S/C22H22N6O3/c1-23-20(30)22-27-26-21(31-22)16-12-24-28-18(29)11-17(25-19(16)28)15-9-7-14(8-10-15)13-5-3-2-4-6-13/h7-13,25H,2-6H2,1H3,(H,23,30). The minimum absolute atomic E-state index is 0.106. The van der Waals surface area contributed by atoms with Crippen molar-refractivity contribution in [2.75, 3.05) is 7.05 Å². The lowest BCUT2D eigenvalue weighted by Gasteiger charge is -2.22. The summed E-state index contributed by atoms with van der Waals surface area (Å²) in [6.07, 6.45) is 7.85. The topological polar surface area (TPSA) is 118 Å². The molecule has 2 N–H and O–H groups in total. The normalized spacial score (nSPS) is 14.7. The molecule has 9 nitrogen and oxygen atoms in total. The maximum Gasteiger partial charge on any atom is 0.308 e. The quantitative estimate of drug-likeness (QED) is 0.526. The number of nitrogens with one attached hydrogen (secondary N) is 2. The summed E-state index contributed by atoms with van der Waals surface area (Å²) < 4.78 is 6.68. The van der Waals surface area contributed by atoms with Gasteiger partial charge in [-0.3, -0.25) is 9.59 Å². The van der Waals surface area contributed by atoms with Gasteiger partial charge in [0.2, 0.25) is 0 Å². The van der Waals surface area contributed by atoms with Crippen molar-refractivity contribution in [1.82, 2.24) is 30.1 Å². The van der Waals surface area contributed by atoms with Crippen LogP contribution in [0.4, 0.5) is 0 Å². The van der Waals surface area contributed by atoms with Gasteiger partial charge in [-0.15, -0.1) is 10.2 Å². The molecule has 1 saturated carbocycles. The Hall–Kier alpha value is -3.75. The molecule has 0 spiro atoms. The van der Waals surface area contributed by atoms with E-state index in [0.29, 0.717) is 22.8 Å². The van der Waals surface area contributed by atoms with Crippen LogP contribution in [0.3, 0.4) is 0 Å². The summed E-state index contributed by atoms with van der Waals surface area (Å²) >= 11 is 0. The van der Waals surface area contributed by atoms with Crippen LogP contribution < -0.4 is 10.9 Å². The summed E-state index contributed by atoms with van der Waals surface area (Å²) in [7, 11) is 1.48. The molecule has 1 aliphatic carbocycles. The van der Waals surface area contributed by atoms with Crippen molar-refractivity contribution in [2.24, 2.45) is 0 Å². The van der Waals surface area contributed by atoms with Crippen molar-refractivity contribution in [3.8, 4) is 22.7 Å². The molecule has 0 saturated heterocycles. The fourth-order valence-electron chi connectivity index (χ4n) is 4.20. The van der Waals surface area contributed by atoms with Crippen molar-refractivity contribution in [1.29, 1.82) is 0 Å².